The zero-order chi connectivity index (χ0) is 13.4. The van der Waals surface area contributed by atoms with Crippen LogP contribution in [0.2, 0.25) is 0 Å². The third-order valence-corrected chi connectivity index (χ3v) is 6.35. The Hall–Kier alpha value is -0.170. The summed E-state index contributed by atoms with van der Waals surface area (Å²) < 4.78 is 23.1. The van der Waals surface area contributed by atoms with Crippen LogP contribution in [0.3, 0.4) is 0 Å². The molecule has 0 bridgehead atoms. The molecule has 2 heterocycles. The lowest BCUT2D eigenvalue weighted by molar-refractivity contribution is 0.102. The Balaban J connectivity index is 2.06. The molecule has 106 valence electrons. The van der Waals surface area contributed by atoms with Crippen molar-refractivity contribution >= 4 is 9.84 Å². The maximum atomic E-state index is 11.6. The molecule has 2 saturated heterocycles. The Bertz CT molecular complexity index is 380. The van der Waals surface area contributed by atoms with Crippen molar-refractivity contribution in [2.24, 2.45) is 5.73 Å². The Labute approximate surface area is 110 Å². The predicted octanol–water partition coefficient (Wildman–Crippen LogP) is -0.472. The fraction of sp³-hybridized carbons (Fsp3) is 1.00. The van der Waals surface area contributed by atoms with Gasteiger partial charge in [-0.15, -0.1) is 0 Å². The molecule has 0 saturated carbocycles. The van der Waals surface area contributed by atoms with Gasteiger partial charge in [0.25, 0.3) is 0 Å². The molecule has 2 rings (SSSR count). The van der Waals surface area contributed by atoms with Crippen molar-refractivity contribution in [3.05, 3.63) is 0 Å². The molecule has 1 atom stereocenters. The van der Waals surface area contributed by atoms with Gasteiger partial charge in [-0.3, -0.25) is 4.90 Å². The first-order valence-corrected chi connectivity index (χ1v) is 8.53. The van der Waals surface area contributed by atoms with Gasteiger partial charge in [0.15, 0.2) is 0 Å². The molecule has 0 aromatic carbocycles. The van der Waals surface area contributed by atoms with Gasteiger partial charge in [-0.2, -0.15) is 0 Å². The van der Waals surface area contributed by atoms with Gasteiger partial charge < -0.3 is 10.6 Å². The predicted molar refractivity (Wildman–Crippen MR) is 73.3 cm³/mol. The monoisotopic (exact) mass is 275 g/mol. The second-order valence-corrected chi connectivity index (χ2v) is 8.24. The number of hydrogen-bond donors (Lipinski definition) is 1. The molecule has 0 aliphatic carbocycles. The smallest absolute Gasteiger partial charge is 0.150 e. The highest BCUT2D eigenvalue weighted by Crippen LogP contribution is 2.32. The van der Waals surface area contributed by atoms with E-state index in [9.17, 15) is 8.42 Å². The third-order valence-electron chi connectivity index (χ3n) is 4.70. The number of sulfone groups is 1. The largest absolute Gasteiger partial charge is 0.329 e. The number of nitrogens with two attached hydrogens (primary N) is 1. The molecular formula is C12H25N3O2S. The van der Waals surface area contributed by atoms with E-state index < -0.39 is 9.84 Å². The number of likely N-dealkylation sites (N-methyl/N-ethyl adjacent to an activating group) is 1. The molecule has 0 spiro atoms. The summed E-state index contributed by atoms with van der Waals surface area (Å²) in [5.74, 6) is 0.598. The SMILES string of the molecule is CN(C)C1CCN(C2(CN)CCS(=O)(=O)CC2)C1. The Morgan fingerprint density at radius 1 is 1.33 bits per heavy atom. The first-order chi connectivity index (χ1) is 8.38. The highest BCUT2D eigenvalue weighted by atomic mass is 32.2. The van der Waals surface area contributed by atoms with Gasteiger partial charge in [0.1, 0.15) is 9.84 Å². The van der Waals surface area contributed by atoms with Crippen molar-refractivity contribution in [2.45, 2.75) is 30.8 Å². The lowest BCUT2D eigenvalue weighted by atomic mass is 9.90. The summed E-state index contributed by atoms with van der Waals surface area (Å²) in [7, 11) is 1.40. The van der Waals surface area contributed by atoms with Gasteiger partial charge in [-0.05, 0) is 33.4 Å². The van der Waals surface area contributed by atoms with Crippen LogP contribution in [0.25, 0.3) is 0 Å². The molecule has 1 unspecified atom stereocenters. The van der Waals surface area contributed by atoms with E-state index in [2.05, 4.69) is 23.9 Å². The maximum Gasteiger partial charge on any atom is 0.150 e. The quantitative estimate of drug-likeness (QED) is 0.754. The maximum absolute atomic E-state index is 11.6. The molecule has 0 aromatic heterocycles. The fourth-order valence-electron chi connectivity index (χ4n) is 3.16. The van der Waals surface area contributed by atoms with Crippen LogP contribution in [-0.2, 0) is 9.84 Å². The summed E-state index contributed by atoms with van der Waals surface area (Å²) in [5, 5.41) is 0. The topological polar surface area (TPSA) is 66.6 Å². The highest BCUT2D eigenvalue weighted by Gasteiger charge is 2.43. The van der Waals surface area contributed by atoms with Gasteiger partial charge in [0, 0.05) is 31.2 Å². The third kappa shape index (κ3) is 2.71. The van der Waals surface area contributed by atoms with Crippen molar-refractivity contribution in [3.63, 3.8) is 0 Å². The van der Waals surface area contributed by atoms with Gasteiger partial charge in [0.2, 0.25) is 0 Å². The molecule has 5 nitrogen and oxygen atoms in total. The Kier molecular flexibility index (Phi) is 4.02. The first-order valence-electron chi connectivity index (χ1n) is 6.70. The standard InChI is InChI=1S/C12H25N3O2S/c1-14(2)11-3-6-15(9-11)12(10-13)4-7-18(16,17)8-5-12/h11H,3-10,13H2,1-2H3. The van der Waals surface area contributed by atoms with E-state index in [1.54, 1.807) is 0 Å². The molecule has 2 N–H and O–H groups in total. The average molecular weight is 275 g/mol. The molecule has 0 amide bonds. The minimum absolute atomic E-state index is 0.0733. The van der Waals surface area contributed by atoms with Crippen LogP contribution >= 0.6 is 0 Å². The summed E-state index contributed by atoms with van der Waals surface area (Å²) in [4.78, 5) is 4.69. The van der Waals surface area contributed by atoms with Gasteiger partial charge in [0.05, 0.1) is 11.5 Å². The van der Waals surface area contributed by atoms with E-state index in [1.165, 1.54) is 0 Å². The molecular weight excluding hydrogens is 250 g/mol. The van der Waals surface area contributed by atoms with E-state index in [-0.39, 0.29) is 5.54 Å². The molecule has 6 heteroatoms. The number of likely N-dealkylation sites (tertiary alicyclic amines) is 1. The van der Waals surface area contributed by atoms with Gasteiger partial charge >= 0.3 is 0 Å². The van der Waals surface area contributed by atoms with Crippen molar-refractivity contribution in [3.8, 4) is 0 Å². The summed E-state index contributed by atoms with van der Waals surface area (Å²) in [6.45, 7) is 2.63. The lowest BCUT2D eigenvalue weighted by Gasteiger charge is -2.44. The molecule has 0 radical (unpaired) electrons. The van der Waals surface area contributed by atoms with Crippen LogP contribution in [0.1, 0.15) is 19.3 Å². The molecule has 18 heavy (non-hydrogen) atoms. The van der Waals surface area contributed by atoms with Crippen LogP contribution in [0.4, 0.5) is 0 Å². The van der Waals surface area contributed by atoms with E-state index in [0.717, 1.165) is 19.5 Å². The molecule has 0 aromatic rings. The molecule has 2 fully saturated rings. The van der Waals surface area contributed by atoms with E-state index in [0.29, 0.717) is 36.9 Å². The van der Waals surface area contributed by atoms with E-state index in [1.807, 2.05) is 0 Å². The lowest BCUT2D eigenvalue weighted by Crippen LogP contribution is -2.57. The van der Waals surface area contributed by atoms with Crippen LogP contribution in [0.5, 0.6) is 0 Å². The van der Waals surface area contributed by atoms with Gasteiger partial charge in [-0.25, -0.2) is 8.42 Å². The first kappa shape index (κ1) is 14.2. The van der Waals surface area contributed by atoms with Crippen molar-refractivity contribution in [1.82, 2.24) is 9.80 Å². The second-order valence-electron chi connectivity index (χ2n) is 5.93. The summed E-state index contributed by atoms with van der Waals surface area (Å²) in [5.41, 5.74) is 5.90. The minimum atomic E-state index is -2.82. The summed E-state index contributed by atoms with van der Waals surface area (Å²) in [6.07, 6.45) is 2.56. The van der Waals surface area contributed by atoms with Crippen LogP contribution < -0.4 is 5.73 Å². The average Bonchev–Trinajstić information content (AvgIpc) is 2.80. The van der Waals surface area contributed by atoms with E-state index in [4.69, 9.17) is 5.73 Å². The Morgan fingerprint density at radius 2 is 1.94 bits per heavy atom. The number of nitrogens with zero attached hydrogens (tertiary/aromatic N) is 2. The zero-order valence-corrected chi connectivity index (χ0v) is 12.2. The fourth-order valence-corrected chi connectivity index (χ4v) is 4.75. The van der Waals surface area contributed by atoms with Crippen LogP contribution in [0.15, 0.2) is 0 Å². The van der Waals surface area contributed by atoms with Crippen molar-refractivity contribution in [2.75, 3.05) is 45.2 Å². The number of hydrogen-bond acceptors (Lipinski definition) is 5. The normalized spacial score (nSPS) is 31.9. The van der Waals surface area contributed by atoms with Crippen molar-refractivity contribution in [1.29, 1.82) is 0 Å². The zero-order valence-electron chi connectivity index (χ0n) is 11.4. The van der Waals surface area contributed by atoms with E-state index >= 15 is 0 Å². The second kappa shape index (κ2) is 5.07. The molecule has 2 aliphatic rings. The summed E-state index contributed by atoms with van der Waals surface area (Å²) >= 11 is 0. The minimum Gasteiger partial charge on any atom is -0.329 e. The highest BCUT2D eigenvalue weighted by molar-refractivity contribution is 7.91. The van der Waals surface area contributed by atoms with Gasteiger partial charge in [-0.1, -0.05) is 0 Å². The number of rotatable bonds is 3. The Morgan fingerprint density at radius 3 is 2.39 bits per heavy atom. The van der Waals surface area contributed by atoms with Crippen LogP contribution in [0, 0.1) is 0 Å². The van der Waals surface area contributed by atoms with Crippen molar-refractivity contribution < 1.29 is 8.42 Å². The molecule has 2 aliphatic heterocycles. The summed E-state index contributed by atoms with van der Waals surface area (Å²) in [6, 6.07) is 0.576. The van der Waals surface area contributed by atoms with Crippen LogP contribution in [-0.4, -0.2) is 75.0 Å².